The minimum atomic E-state index is 0.0442. The van der Waals surface area contributed by atoms with Gasteiger partial charge >= 0.3 is 0 Å². The van der Waals surface area contributed by atoms with E-state index in [1.165, 1.54) is 19.3 Å². The molecular formula is C17H26ClNO. The predicted molar refractivity (Wildman–Crippen MR) is 85.7 cm³/mol. The van der Waals surface area contributed by atoms with E-state index in [0.29, 0.717) is 5.92 Å². The van der Waals surface area contributed by atoms with Crippen molar-refractivity contribution >= 4 is 11.6 Å². The Labute approximate surface area is 127 Å². The minimum Gasteiger partial charge on any atom is -0.487 e. The summed E-state index contributed by atoms with van der Waals surface area (Å²) in [5, 5.41) is 4.29. The van der Waals surface area contributed by atoms with Gasteiger partial charge in [0.25, 0.3) is 0 Å². The molecule has 0 aromatic heterocycles. The molecule has 1 fully saturated rings. The van der Waals surface area contributed by atoms with E-state index in [9.17, 15) is 0 Å². The van der Waals surface area contributed by atoms with Gasteiger partial charge in [0.2, 0.25) is 0 Å². The number of hydrogen-bond donors (Lipinski definition) is 1. The summed E-state index contributed by atoms with van der Waals surface area (Å²) < 4.78 is 6.33. The van der Waals surface area contributed by atoms with Crippen molar-refractivity contribution in [3.05, 3.63) is 28.8 Å². The number of rotatable bonds is 7. The average molecular weight is 296 g/mol. The van der Waals surface area contributed by atoms with Gasteiger partial charge < -0.3 is 10.1 Å². The summed E-state index contributed by atoms with van der Waals surface area (Å²) in [7, 11) is 0. The molecule has 1 aliphatic rings. The molecular weight excluding hydrogens is 270 g/mol. The van der Waals surface area contributed by atoms with Crippen LogP contribution in [0.4, 0.5) is 0 Å². The molecule has 1 saturated carbocycles. The first-order valence-corrected chi connectivity index (χ1v) is 8.04. The van der Waals surface area contributed by atoms with E-state index in [4.69, 9.17) is 16.3 Å². The van der Waals surface area contributed by atoms with E-state index in [2.05, 4.69) is 26.1 Å². The lowest BCUT2D eigenvalue weighted by molar-refractivity contribution is -0.0148. The van der Waals surface area contributed by atoms with Crippen molar-refractivity contribution in [1.29, 1.82) is 0 Å². The van der Waals surface area contributed by atoms with E-state index in [1.807, 2.05) is 18.2 Å². The molecule has 3 heteroatoms. The Morgan fingerprint density at radius 1 is 1.35 bits per heavy atom. The maximum absolute atomic E-state index is 6.33. The molecule has 2 rings (SSSR count). The molecule has 0 bridgehead atoms. The van der Waals surface area contributed by atoms with Crippen molar-refractivity contribution in [2.24, 2.45) is 5.92 Å². The minimum absolute atomic E-state index is 0.0442. The molecule has 0 unspecified atom stereocenters. The lowest BCUT2D eigenvalue weighted by atomic mass is 9.77. The second-order valence-corrected chi connectivity index (χ2v) is 6.83. The fraction of sp³-hybridized carbons (Fsp3) is 0.647. The number of ether oxygens (including phenoxy) is 1. The van der Waals surface area contributed by atoms with Crippen LogP contribution in [0.5, 0.6) is 5.75 Å². The summed E-state index contributed by atoms with van der Waals surface area (Å²) in [6, 6.07) is 5.88. The standard InChI is InChI=1S/C17H26ClNO/c1-13(2)12-19-10-9-17(7-4-8-17)20-16-6-5-15(18)11-14(16)3/h5-6,11,13,19H,4,7-10,12H2,1-3H3. The zero-order valence-electron chi connectivity index (χ0n) is 12.8. The molecule has 0 aliphatic heterocycles. The van der Waals surface area contributed by atoms with E-state index in [1.54, 1.807) is 0 Å². The van der Waals surface area contributed by atoms with E-state index < -0.39 is 0 Å². The Balaban J connectivity index is 1.90. The molecule has 1 aromatic rings. The lowest BCUT2D eigenvalue weighted by Crippen LogP contribution is -2.45. The number of nitrogens with one attached hydrogen (secondary N) is 1. The summed E-state index contributed by atoms with van der Waals surface area (Å²) in [5.74, 6) is 1.68. The molecule has 0 spiro atoms. The van der Waals surface area contributed by atoms with Crippen LogP contribution in [0.2, 0.25) is 5.02 Å². The third-order valence-electron chi connectivity index (χ3n) is 4.04. The Morgan fingerprint density at radius 2 is 2.10 bits per heavy atom. The normalized spacial score (nSPS) is 17.1. The van der Waals surface area contributed by atoms with Gasteiger partial charge in [-0.05, 0) is 75.4 Å². The first kappa shape index (κ1) is 15.7. The van der Waals surface area contributed by atoms with Gasteiger partial charge in [-0.15, -0.1) is 0 Å². The SMILES string of the molecule is Cc1cc(Cl)ccc1OC1(CCNCC(C)C)CCC1. The molecule has 0 heterocycles. The molecule has 20 heavy (non-hydrogen) atoms. The average Bonchev–Trinajstić information content (AvgIpc) is 2.33. The van der Waals surface area contributed by atoms with Crippen LogP contribution >= 0.6 is 11.6 Å². The first-order valence-electron chi connectivity index (χ1n) is 7.67. The summed E-state index contributed by atoms with van der Waals surface area (Å²) in [6.07, 6.45) is 4.69. The molecule has 0 saturated heterocycles. The molecule has 1 aliphatic carbocycles. The van der Waals surface area contributed by atoms with E-state index in [-0.39, 0.29) is 5.60 Å². The van der Waals surface area contributed by atoms with Crippen molar-refractivity contribution in [3.63, 3.8) is 0 Å². The second kappa shape index (κ2) is 6.82. The highest BCUT2D eigenvalue weighted by Gasteiger charge is 2.39. The first-order chi connectivity index (χ1) is 9.51. The summed E-state index contributed by atoms with van der Waals surface area (Å²) in [6.45, 7) is 8.64. The van der Waals surface area contributed by atoms with Crippen molar-refractivity contribution in [2.45, 2.75) is 52.1 Å². The molecule has 0 atom stereocenters. The van der Waals surface area contributed by atoms with Crippen molar-refractivity contribution in [1.82, 2.24) is 5.32 Å². The van der Waals surface area contributed by atoms with Crippen LogP contribution in [-0.2, 0) is 0 Å². The molecule has 112 valence electrons. The zero-order valence-corrected chi connectivity index (χ0v) is 13.6. The molecule has 0 radical (unpaired) electrons. The Morgan fingerprint density at radius 3 is 2.65 bits per heavy atom. The maximum Gasteiger partial charge on any atom is 0.123 e. The second-order valence-electron chi connectivity index (χ2n) is 6.40. The topological polar surface area (TPSA) is 21.3 Å². The van der Waals surface area contributed by atoms with Crippen LogP contribution < -0.4 is 10.1 Å². The fourth-order valence-corrected chi connectivity index (χ4v) is 2.87. The third kappa shape index (κ3) is 4.13. The number of aryl methyl sites for hydroxylation is 1. The Kier molecular flexibility index (Phi) is 5.34. The number of benzene rings is 1. The largest absolute Gasteiger partial charge is 0.487 e. The van der Waals surface area contributed by atoms with Crippen LogP contribution in [0, 0.1) is 12.8 Å². The van der Waals surface area contributed by atoms with E-state index >= 15 is 0 Å². The highest BCUT2D eigenvalue weighted by molar-refractivity contribution is 6.30. The zero-order chi connectivity index (χ0) is 14.6. The number of hydrogen-bond acceptors (Lipinski definition) is 2. The van der Waals surface area contributed by atoms with Gasteiger partial charge in [0.05, 0.1) is 0 Å². The van der Waals surface area contributed by atoms with Gasteiger partial charge in [-0.2, -0.15) is 0 Å². The van der Waals surface area contributed by atoms with Crippen LogP contribution in [0.3, 0.4) is 0 Å². The smallest absolute Gasteiger partial charge is 0.123 e. The van der Waals surface area contributed by atoms with Crippen LogP contribution in [0.25, 0.3) is 0 Å². The summed E-state index contributed by atoms with van der Waals surface area (Å²) in [5.41, 5.74) is 1.17. The van der Waals surface area contributed by atoms with E-state index in [0.717, 1.165) is 35.8 Å². The van der Waals surface area contributed by atoms with Crippen LogP contribution in [0.1, 0.15) is 45.1 Å². The molecule has 1 N–H and O–H groups in total. The van der Waals surface area contributed by atoms with Gasteiger partial charge in [0, 0.05) is 5.02 Å². The highest BCUT2D eigenvalue weighted by atomic mass is 35.5. The quantitative estimate of drug-likeness (QED) is 0.743. The lowest BCUT2D eigenvalue weighted by Gasteiger charge is -2.42. The van der Waals surface area contributed by atoms with Gasteiger partial charge in [0.1, 0.15) is 11.4 Å². The van der Waals surface area contributed by atoms with Gasteiger partial charge in [0.15, 0.2) is 0 Å². The predicted octanol–water partition coefficient (Wildman–Crippen LogP) is 4.59. The van der Waals surface area contributed by atoms with Gasteiger partial charge in [-0.1, -0.05) is 25.4 Å². The van der Waals surface area contributed by atoms with Gasteiger partial charge in [-0.25, -0.2) is 0 Å². The molecule has 2 nitrogen and oxygen atoms in total. The Bertz CT molecular complexity index is 441. The number of halogens is 1. The third-order valence-corrected chi connectivity index (χ3v) is 4.27. The molecule has 0 amide bonds. The molecule has 1 aromatic carbocycles. The fourth-order valence-electron chi connectivity index (χ4n) is 2.64. The maximum atomic E-state index is 6.33. The monoisotopic (exact) mass is 295 g/mol. The van der Waals surface area contributed by atoms with Crippen LogP contribution in [0.15, 0.2) is 18.2 Å². The van der Waals surface area contributed by atoms with Crippen molar-refractivity contribution < 1.29 is 4.74 Å². The van der Waals surface area contributed by atoms with Crippen molar-refractivity contribution in [2.75, 3.05) is 13.1 Å². The Hall–Kier alpha value is -0.730. The summed E-state index contributed by atoms with van der Waals surface area (Å²) in [4.78, 5) is 0. The van der Waals surface area contributed by atoms with Crippen LogP contribution in [-0.4, -0.2) is 18.7 Å². The highest BCUT2D eigenvalue weighted by Crippen LogP contribution is 2.40. The van der Waals surface area contributed by atoms with Gasteiger partial charge in [-0.3, -0.25) is 0 Å². The van der Waals surface area contributed by atoms with Crippen molar-refractivity contribution in [3.8, 4) is 5.75 Å². The summed E-state index contributed by atoms with van der Waals surface area (Å²) >= 11 is 6.00.